The number of carboxylic acids is 1. The molecule has 0 radical (unpaired) electrons. The van der Waals surface area contributed by atoms with E-state index in [4.69, 9.17) is 14.5 Å². The first-order valence-electron chi connectivity index (χ1n) is 14.7. The Bertz CT molecular complexity index is 2010. The highest BCUT2D eigenvalue weighted by Crippen LogP contribution is 2.44. The quantitative estimate of drug-likeness (QED) is 0.168. The van der Waals surface area contributed by atoms with Crippen LogP contribution in [0.4, 0.5) is 0 Å². The molecule has 0 unspecified atom stereocenters. The van der Waals surface area contributed by atoms with E-state index in [1.807, 2.05) is 55.1 Å². The van der Waals surface area contributed by atoms with E-state index in [0.29, 0.717) is 17.5 Å². The standard InChI is InChI=1S/C36H30N2O5S2/c1-21-5-8-23(9-6-21)36(41)42-20-29-28(27-18-22(2)7-10-26(27)35(39)40)19-33(43-29)38-16-14-25-24(13-15-37-34(25)38)30-11-12-32(45-30)31-4-3-17-44-31/h3-18,28-29,33H,19-20H2,1-2H3,(H,39,40)/t28-,29-,33+/m0/s1. The number of carboxylic acid groups (broad SMARTS) is 1. The molecule has 0 aliphatic carbocycles. The summed E-state index contributed by atoms with van der Waals surface area (Å²) in [5, 5.41) is 13.1. The largest absolute Gasteiger partial charge is 0.478 e. The maximum atomic E-state index is 12.9. The van der Waals surface area contributed by atoms with E-state index in [1.165, 1.54) is 9.75 Å². The number of aromatic nitrogens is 2. The maximum absolute atomic E-state index is 12.9. The molecule has 1 N–H and O–H groups in total. The van der Waals surface area contributed by atoms with Gasteiger partial charge in [0.2, 0.25) is 0 Å². The number of ether oxygens (including phenoxy) is 2. The lowest BCUT2D eigenvalue weighted by Crippen LogP contribution is -2.25. The fourth-order valence-electron chi connectivity index (χ4n) is 6.04. The molecule has 4 aromatic heterocycles. The number of pyridine rings is 1. The predicted octanol–water partition coefficient (Wildman–Crippen LogP) is 8.74. The summed E-state index contributed by atoms with van der Waals surface area (Å²) in [4.78, 5) is 33.6. The van der Waals surface area contributed by atoms with Crippen molar-refractivity contribution in [3.63, 3.8) is 0 Å². The van der Waals surface area contributed by atoms with E-state index in [0.717, 1.165) is 32.6 Å². The number of carbonyl (C=O) groups excluding carboxylic acids is 1. The van der Waals surface area contributed by atoms with Crippen molar-refractivity contribution < 1.29 is 24.2 Å². The van der Waals surface area contributed by atoms with Crippen molar-refractivity contribution in [3.8, 4) is 20.2 Å². The number of esters is 1. The Morgan fingerprint density at radius 3 is 2.56 bits per heavy atom. The molecule has 6 aromatic rings. The first kappa shape index (κ1) is 29.2. The van der Waals surface area contributed by atoms with Crippen molar-refractivity contribution >= 4 is 45.6 Å². The van der Waals surface area contributed by atoms with Crippen LogP contribution in [-0.4, -0.2) is 39.3 Å². The van der Waals surface area contributed by atoms with Gasteiger partial charge in [0.1, 0.15) is 24.6 Å². The fourth-order valence-corrected chi connectivity index (χ4v) is 7.92. The molecule has 45 heavy (non-hydrogen) atoms. The molecular formula is C36H30N2O5S2. The molecule has 226 valence electrons. The summed E-state index contributed by atoms with van der Waals surface area (Å²) in [6.07, 6.45) is 3.29. The summed E-state index contributed by atoms with van der Waals surface area (Å²) in [5.74, 6) is -1.77. The number of aromatic carboxylic acids is 1. The zero-order valence-corrected chi connectivity index (χ0v) is 26.3. The smallest absolute Gasteiger partial charge is 0.338 e. The molecule has 9 heteroatoms. The Labute approximate surface area is 268 Å². The van der Waals surface area contributed by atoms with E-state index in [-0.39, 0.29) is 18.1 Å². The van der Waals surface area contributed by atoms with E-state index in [1.54, 1.807) is 46.9 Å². The van der Waals surface area contributed by atoms with Gasteiger partial charge in [-0.15, -0.1) is 22.7 Å². The van der Waals surface area contributed by atoms with Gasteiger partial charge in [-0.05, 0) is 73.3 Å². The minimum Gasteiger partial charge on any atom is -0.478 e. The van der Waals surface area contributed by atoms with Gasteiger partial charge in [-0.1, -0.05) is 41.5 Å². The Hall–Kier alpha value is -4.57. The van der Waals surface area contributed by atoms with Crippen molar-refractivity contribution in [2.45, 2.75) is 38.5 Å². The second kappa shape index (κ2) is 12.1. The summed E-state index contributed by atoms with van der Waals surface area (Å²) in [6.45, 7) is 3.88. The van der Waals surface area contributed by atoms with Crippen molar-refractivity contribution in [1.29, 1.82) is 0 Å². The third kappa shape index (κ3) is 5.70. The summed E-state index contributed by atoms with van der Waals surface area (Å²) < 4.78 is 14.4. The molecular weight excluding hydrogens is 605 g/mol. The van der Waals surface area contributed by atoms with Gasteiger partial charge in [0, 0.05) is 50.3 Å². The number of fused-ring (bicyclic) bond motifs is 1. The number of nitrogens with zero attached hydrogens (tertiary/aromatic N) is 2. The highest BCUT2D eigenvalue weighted by Gasteiger charge is 2.40. The first-order valence-corrected chi connectivity index (χ1v) is 16.4. The molecule has 7 rings (SSSR count). The Balaban J connectivity index is 1.21. The lowest BCUT2D eigenvalue weighted by molar-refractivity contribution is -0.0335. The van der Waals surface area contributed by atoms with Crippen molar-refractivity contribution in [3.05, 3.63) is 124 Å². The molecule has 0 bridgehead atoms. The first-order chi connectivity index (χ1) is 21.9. The van der Waals surface area contributed by atoms with Gasteiger partial charge in [-0.3, -0.25) is 0 Å². The van der Waals surface area contributed by atoms with Gasteiger partial charge < -0.3 is 19.1 Å². The van der Waals surface area contributed by atoms with Gasteiger partial charge >= 0.3 is 11.9 Å². The number of aryl methyl sites for hydroxylation is 2. The lowest BCUT2D eigenvalue weighted by Gasteiger charge is -2.20. The molecule has 1 saturated heterocycles. The van der Waals surface area contributed by atoms with Gasteiger partial charge in [-0.25, -0.2) is 14.6 Å². The van der Waals surface area contributed by atoms with Crippen LogP contribution < -0.4 is 0 Å². The highest BCUT2D eigenvalue weighted by atomic mass is 32.1. The molecule has 0 amide bonds. The topological polar surface area (TPSA) is 90.7 Å². The van der Waals surface area contributed by atoms with E-state index >= 15 is 0 Å². The van der Waals surface area contributed by atoms with Crippen LogP contribution in [0.5, 0.6) is 0 Å². The Morgan fingerprint density at radius 1 is 0.978 bits per heavy atom. The van der Waals surface area contributed by atoms with Crippen molar-refractivity contribution in [1.82, 2.24) is 9.55 Å². The zero-order valence-electron chi connectivity index (χ0n) is 24.7. The molecule has 1 aliphatic heterocycles. The molecule has 5 heterocycles. The third-order valence-electron chi connectivity index (χ3n) is 8.30. The van der Waals surface area contributed by atoms with Crippen LogP contribution >= 0.6 is 22.7 Å². The average molecular weight is 635 g/mol. The summed E-state index contributed by atoms with van der Waals surface area (Å²) in [5.41, 5.74) is 5.22. The molecule has 1 aliphatic rings. The average Bonchev–Trinajstić information content (AvgIpc) is 3.86. The van der Waals surface area contributed by atoms with E-state index in [2.05, 4.69) is 35.7 Å². The lowest BCUT2D eigenvalue weighted by atomic mass is 9.87. The van der Waals surface area contributed by atoms with E-state index < -0.39 is 24.3 Å². The van der Waals surface area contributed by atoms with Crippen LogP contribution in [0, 0.1) is 13.8 Å². The minimum absolute atomic E-state index is 0.0144. The SMILES string of the molecule is Cc1ccc(C(=O)OC[C@@H]2O[C@@H](n3ccc4c(-c5ccc(-c6cccs6)s5)ccnc43)C[C@H]2c2cc(C)ccc2C(=O)O)cc1. The Kier molecular flexibility index (Phi) is 7.83. The summed E-state index contributed by atoms with van der Waals surface area (Å²) >= 11 is 3.48. The van der Waals surface area contributed by atoms with Crippen molar-refractivity contribution in [2.75, 3.05) is 6.61 Å². The molecule has 2 aromatic carbocycles. The minimum atomic E-state index is -1.00. The van der Waals surface area contributed by atoms with Crippen LogP contribution in [0.3, 0.4) is 0 Å². The monoisotopic (exact) mass is 634 g/mol. The van der Waals surface area contributed by atoms with Crippen LogP contribution in [0.1, 0.15) is 56.0 Å². The van der Waals surface area contributed by atoms with E-state index in [9.17, 15) is 14.7 Å². The summed E-state index contributed by atoms with van der Waals surface area (Å²) in [7, 11) is 0. The van der Waals surface area contributed by atoms with Crippen LogP contribution in [-0.2, 0) is 9.47 Å². The van der Waals surface area contributed by atoms with Crippen LogP contribution in [0.25, 0.3) is 31.2 Å². The number of thiophene rings is 2. The molecule has 7 nitrogen and oxygen atoms in total. The number of benzene rings is 2. The second-order valence-corrected chi connectivity index (χ2v) is 13.3. The predicted molar refractivity (Wildman–Crippen MR) is 177 cm³/mol. The number of hydrogen-bond acceptors (Lipinski definition) is 7. The molecule has 0 spiro atoms. The summed E-state index contributed by atoms with van der Waals surface area (Å²) in [6, 6.07) is 25.1. The Morgan fingerprint density at radius 2 is 1.78 bits per heavy atom. The normalized spacial score (nSPS) is 18.0. The molecule has 3 atom stereocenters. The van der Waals surface area contributed by atoms with Gasteiger partial charge in [0.25, 0.3) is 0 Å². The van der Waals surface area contributed by atoms with Gasteiger partial charge in [-0.2, -0.15) is 0 Å². The number of carbonyl (C=O) groups is 2. The van der Waals surface area contributed by atoms with Crippen LogP contribution in [0.2, 0.25) is 0 Å². The number of hydrogen-bond donors (Lipinski definition) is 1. The van der Waals surface area contributed by atoms with Gasteiger partial charge in [0.05, 0.1) is 11.1 Å². The van der Waals surface area contributed by atoms with Crippen LogP contribution in [0.15, 0.2) is 96.6 Å². The molecule has 1 fully saturated rings. The highest BCUT2D eigenvalue weighted by molar-refractivity contribution is 7.23. The van der Waals surface area contributed by atoms with Gasteiger partial charge in [0.15, 0.2) is 0 Å². The van der Waals surface area contributed by atoms with Crippen molar-refractivity contribution in [2.24, 2.45) is 0 Å². The zero-order chi connectivity index (χ0) is 31.1. The fraction of sp³-hybridized carbons (Fsp3) is 0.194. The number of rotatable bonds is 8. The maximum Gasteiger partial charge on any atom is 0.338 e. The molecule has 0 saturated carbocycles. The third-order valence-corrected chi connectivity index (χ3v) is 10.5. The second-order valence-electron chi connectivity index (χ2n) is 11.3.